The number of aromatic hydroxyl groups is 2. The topological polar surface area (TPSA) is 69.9 Å². The van der Waals surface area contributed by atoms with Crippen LogP contribution >= 0.6 is 0 Å². The third-order valence-corrected chi connectivity index (χ3v) is 3.07. The Morgan fingerprint density at radius 1 is 0.778 bits per heavy atom. The summed E-state index contributed by atoms with van der Waals surface area (Å²) in [7, 11) is 0. The third-order valence-electron chi connectivity index (χ3n) is 3.07. The average Bonchev–Trinajstić information content (AvgIpc) is 2.44. The molecular weight excluding hydrogens is 230 g/mol. The minimum Gasteiger partial charge on any atom is -0.507 e. The number of benzene rings is 3. The van der Waals surface area contributed by atoms with E-state index in [1.807, 2.05) is 0 Å². The molecule has 0 saturated heterocycles. The van der Waals surface area contributed by atoms with Crippen LogP contribution in [0, 0.1) is 4.91 Å². The highest BCUT2D eigenvalue weighted by Gasteiger charge is 2.15. The van der Waals surface area contributed by atoms with E-state index in [0.29, 0.717) is 16.2 Å². The molecule has 0 saturated carbocycles. The SMILES string of the molecule is O=Nc1cccc2c(O)c3ccccc3c(O)c12. The largest absolute Gasteiger partial charge is 0.507 e. The molecule has 0 unspecified atom stereocenters. The normalized spacial score (nSPS) is 10.9. The number of nitroso groups, excluding NO2 is 1. The van der Waals surface area contributed by atoms with Gasteiger partial charge < -0.3 is 10.2 Å². The van der Waals surface area contributed by atoms with E-state index in [-0.39, 0.29) is 22.6 Å². The van der Waals surface area contributed by atoms with E-state index in [9.17, 15) is 15.1 Å². The Labute approximate surface area is 102 Å². The van der Waals surface area contributed by atoms with Gasteiger partial charge in [0.15, 0.2) is 0 Å². The zero-order valence-electron chi connectivity index (χ0n) is 9.29. The molecule has 0 aliphatic rings. The molecule has 0 spiro atoms. The molecule has 4 nitrogen and oxygen atoms in total. The molecule has 0 heterocycles. The van der Waals surface area contributed by atoms with Gasteiger partial charge in [-0.05, 0) is 11.2 Å². The zero-order chi connectivity index (χ0) is 12.7. The fraction of sp³-hybridized carbons (Fsp3) is 0. The molecule has 3 aromatic carbocycles. The van der Waals surface area contributed by atoms with Crippen molar-refractivity contribution in [3.05, 3.63) is 47.4 Å². The van der Waals surface area contributed by atoms with Gasteiger partial charge >= 0.3 is 0 Å². The van der Waals surface area contributed by atoms with E-state index in [2.05, 4.69) is 5.18 Å². The van der Waals surface area contributed by atoms with Crippen LogP contribution in [0.15, 0.2) is 47.6 Å². The van der Waals surface area contributed by atoms with Crippen molar-refractivity contribution >= 4 is 27.2 Å². The summed E-state index contributed by atoms with van der Waals surface area (Å²) < 4.78 is 0. The van der Waals surface area contributed by atoms with E-state index in [1.165, 1.54) is 6.07 Å². The Hall–Kier alpha value is -2.62. The van der Waals surface area contributed by atoms with Gasteiger partial charge in [0.1, 0.15) is 17.2 Å². The van der Waals surface area contributed by atoms with Crippen LogP contribution in [0.2, 0.25) is 0 Å². The summed E-state index contributed by atoms with van der Waals surface area (Å²) in [6.07, 6.45) is 0. The summed E-state index contributed by atoms with van der Waals surface area (Å²) in [5.74, 6) is 0.0116. The van der Waals surface area contributed by atoms with Crippen LogP contribution in [0.1, 0.15) is 0 Å². The van der Waals surface area contributed by atoms with Gasteiger partial charge in [-0.2, -0.15) is 0 Å². The molecule has 3 aromatic rings. The number of phenols is 2. The van der Waals surface area contributed by atoms with E-state index < -0.39 is 0 Å². The quantitative estimate of drug-likeness (QED) is 0.385. The van der Waals surface area contributed by atoms with E-state index >= 15 is 0 Å². The van der Waals surface area contributed by atoms with Crippen molar-refractivity contribution in [2.45, 2.75) is 0 Å². The van der Waals surface area contributed by atoms with Gasteiger partial charge in [-0.3, -0.25) is 0 Å². The standard InChI is InChI=1S/C14H9NO3/c16-13-8-4-1-2-5-9(8)14(17)12-10(13)6-3-7-11(12)15-18/h1-7,16-17H. The molecule has 0 amide bonds. The Bertz CT molecular complexity index is 781. The van der Waals surface area contributed by atoms with Crippen molar-refractivity contribution in [1.29, 1.82) is 0 Å². The Morgan fingerprint density at radius 3 is 2.06 bits per heavy atom. The van der Waals surface area contributed by atoms with Crippen LogP contribution in [-0.4, -0.2) is 10.2 Å². The molecule has 0 aromatic heterocycles. The van der Waals surface area contributed by atoms with Gasteiger partial charge in [0.05, 0.1) is 5.39 Å². The van der Waals surface area contributed by atoms with Crippen LogP contribution in [0.25, 0.3) is 21.5 Å². The Balaban J connectivity index is 2.67. The third kappa shape index (κ3) is 1.26. The number of phenolic OH excluding ortho intramolecular Hbond substituents is 2. The fourth-order valence-electron chi connectivity index (χ4n) is 2.24. The van der Waals surface area contributed by atoms with Crippen LogP contribution in [0.5, 0.6) is 11.5 Å². The molecule has 0 fully saturated rings. The summed E-state index contributed by atoms with van der Waals surface area (Å²) in [5, 5.41) is 25.1. The second-order valence-corrected chi connectivity index (χ2v) is 4.03. The summed E-state index contributed by atoms with van der Waals surface area (Å²) in [6.45, 7) is 0. The second-order valence-electron chi connectivity index (χ2n) is 4.03. The van der Waals surface area contributed by atoms with Gasteiger partial charge in [-0.25, -0.2) is 0 Å². The monoisotopic (exact) mass is 239 g/mol. The lowest BCUT2D eigenvalue weighted by Gasteiger charge is -2.09. The smallest absolute Gasteiger partial charge is 0.133 e. The van der Waals surface area contributed by atoms with E-state index in [0.717, 1.165) is 0 Å². The minimum absolute atomic E-state index is 0.0337. The molecular formula is C14H9NO3. The summed E-state index contributed by atoms with van der Waals surface area (Å²) in [4.78, 5) is 10.8. The second kappa shape index (κ2) is 3.70. The maximum absolute atomic E-state index is 10.8. The predicted molar refractivity (Wildman–Crippen MR) is 70.2 cm³/mol. The number of rotatable bonds is 1. The summed E-state index contributed by atoms with van der Waals surface area (Å²) in [6, 6.07) is 11.7. The lowest BCUT2D eigenvalue weighted by atomic mass is 10.00. The highest BCUT2D eigenvalue weighted by molar-refractivity contribution is 6.14. The lowest BCUT2D eigenvalue weighted by Crippen LogP contribution is -1.81. The maximum Gasteiger partial charge on any atom is 0.133 e. The molecule has 4 heteroatoms. The van der Waals surface area contributed by atoms with Crippen molar-refractivity contribution in [3.63, 3.8) is 0 Å². The van der Waals surface area contributed by atoms with Crippen molar-refractivity contribution in [1.82, 2.24) is 0 Å². The van der Waals surface area contributed by atoms with Crippen LogP contribution in [-0.2, 0) is 0 Å². The van der Waals surface area contributed by atoms with Gasteiger partial charge in [0.25, 0.3) is 0 Å². The summed E-state index contributed by atoms with van der Waals surface area (Å²) in [5.41, 5.74) is 0.117. The molecule has 0 atom stereocenters. The Kier molecular flexibility index (Phi) is 2.16. The van der Waals surface area contributed by atoms with Crippen LogP contribution in [0.3, 0.4) is 0 Å². The number of hydrogen-bond donors (Lipinski definition) is 2. The average molecular weight is 239 g/mol. The van der Waals surface area contributed by atoms with Gasteiger partial charge in [-0.15, -0.1) is 4.91 Å². The Morgan fingerprint density at radius 2 is 1.39 bits per heavy atom. The molecule has 0 radical (unpaired) electrons. The van der Waals surface area contributed by atoms with E-state index in [4.69, 9.17) is 0 Å². The van der Waals surface area contributed by atoms with Gasteiger partial charge in [0.2, 0.25) is 0 Å². The van der Waals surface area contributed by atoms with Gasteiger partial charge in [0, 0.05) is 16.2 Å². The number of hydrogen-bond acceptors (Lipinski definition) is 4. The molecule has 0 aliphatic carbocycles. The fourth-order valence-corrected chi connectivity index (χ4v) is 2.24. The first kappa shape index (κ1) is 10.5. The highest BCUT2D eigenvalue weighted by Crippen LogP contribution is 2.44. The number of nitrogens with zero attached hydrogens (tertiary/aromatic N) is 1. The first-order valence-electron chi connectivity index (χ1n) is 5.42. The molecule has 18 heavy (non-hydrogen) atoms. The van der Waals surface area contributed by atoms with Crippen molar-refractivity contribution < 1.29 is 10.2 Å². The molecule has 2 N–H and O–H groups in total. The number of fused-ring (bicyclic) bond motifs is 2. The molecule has 0 aliphatic heterocycles. The van der Waals surface area contributed by atoms with Gasteiger partial charge in [-0.1, -0.05) is 36.4 Å². The minimum atomic E-state index is -0.0337. The first-order valence-corrected chi connectivity index (χ1v) is 5.42. The highest BCUT2D eigenvalue weighted by atomic mass is 16.3. The van der Waals surface area contributed by atoms with Crippen molar-refractivity contribution in [2.75, 3.05) is 0 Å². The van der Waals surface area contributed by atoms with Crippen molar-refractivity contribution in [3.8, 4) is 11.5 Å². The summed E-state index contributed by atoms with van der Waals surface area (Å²) >= 11 is 0. The maximum atomic E-state index is 10.8. The van der Waals surface area contributed by atoms with Crippen LogP contribution < -0.4 is 0 Å². The first-order chi connectivity index (χ1) is 8.74. The van der Waals surface area contributed by atoms with Crippen LogP contribution in [0.4, 0.5) is 5.69 Å². The lowest BCUT2D eigenvalue weighted by molar-refractivity contribution is 0.478. The zero-order valence-corrected chi connectivity index (χ0v) is 9.29. The molecule has 3 rings (SSSR count). The van der Waals surface area contributed by atoms with Crippen molar-refractivity contribution in [2.24, 2.45) is 5.18 Å². The molecule has 0 bridgehead atoms. The predicted octanol–water partition coefficient (Wildman–Crippen LogP) is 3.80. The molecule has 88 valence electrons. The van der Waals surface area contributed by atoms with E-state index in [1.54, 1.807) is 36.4 Å².